The smallest absolute Gasteiger partial charge is 0.322 e. The second-order valence-electron chi connectivity index (χ2n) is 8.32. The second kappa shape index (κ2) is 7.04. The van der Waals surface area contributed by atoms with E-state index >= 15 is 0 Å². The molecule has 3 fully saturated rings. The Morgan fingerprint density at radius 2 is 2.00 bits per heavy atom. The molecular weight excluding hydrogens is 404 g/mol. The fourth-order valence-electron chi connectivity index (χ4n) is 4.84. The molecule has 1 aromatic carbocycles. The first-order chi connectivity index (χ1) is 14.4. The first-order valence-corrected chi connectivity index (χ1v) is 11.5. The van der Waals surface area contributed by atoms with Crippen molar-refractivity contribution in [3.63, 3.8) is 0 Å². The van der Waals surface area contributed by atoms with E-state index in [1.807, 2.05) is 43.3 Å². The average Bonchev–Trinajstić information content (AvgIpc) is 3.09. The van der Waals surface area contributed by atoms with Crippen LogP contribution in [0.5, 0.6) is 0 Å². The summed E-state index contributed by atoms with van der Waals surface area (Å²) in [5, 5.41) is 2.34. The zero-order valence-corrected chi connectivity index (χ0v) is 17.5. The number of para-hydroxylation sites is 1. The Morgan fingerprint density at radius 1 is 1.23 bits per heavy atom. The van der Waals surface area contributed by atoms with Crippen molar-refractivity contribution in [2.24, 2.45) is 0 Å². The van der Waals surface area contributed by atoms with Gasteiger partial charge in [-0.25, -0.2) is 13.2 Å². The van der Waals surface area contributed by atoms with Gasteiger partial charge in [-0.1, -0.05) is 18.2 Å². The van der Waals surface area contributed by atoms with E-state index in [0.29, 0.717) is 13.0 Å². The fraction of sp³-hybridized carbons (Fsp3) is 0.429. The molecule has 4 heterocycles. The maximum atomic E-state index is 13.2. The molecule has 9 heteroatoms. The van der Waals surface area contributed by atoms with Crippen molar-refractivity contribution in [1.29, 1.82) is 0 Å². The monoisotopic (exact) mass is 428 g/mol. The van der Waals surface area contributed by atoms with Crippen molar-refractivity contribution in [3.8, 4) is 0 Å². The standard InChI is InChI=1S/C21H24N4O4S/c1-15-4-2-3-5-18(15)23-20(26)24-12-17-10-19-21(13-24,29-17)14-25(30(19,27)28)11-16-6-8-22-9-7-16/h2-9,17,19H,10-14H2,1H3,(H,23,26)/t17-,19+,21+/m1/s1. The number of carbonyl (C=O) groups excluding carboxylic acids is 1. The van der Waals surface area contributed by atoms with Crippen LogP contribution in [-0.4, -0.2) is 65.2 Å². The molecule has 0 unspecified atom stereocenters. The molecule has 0 saturated carbocycles. The summed E-state index contributed by atoms with van der Waals surface area (Å²) in [4.78, 5) is 18.6. The quantitative estimate of drug-likeness (QED) is 0.807. The third-order valence-electron chi connectivity index (χ3n) is 6.29. The van der Waals surface area contributed by atoms with E-state index in [2.05, 4.69) is 10.3 Å². The van der Waals surface area contributed by atoms with Crippen molar-refractivity contribution < 1.29 is 17.9 Å². The highest BCUT2D eigenvalue weighted by Gasteiger charge is 2.65. The molecule has 30 heavy (non-hydrogen) atoms. The van der Waals surface area contributed by atoms with Crippen LogP contribution >= 0.6 is 0 Å². The van der Waals surface area contributed by atoms with Gasteiger partial charge in [-0.15, -0.1) is 0 Å². The Balaban J connectivity index is 1.36. The van der Waals surface area contributed by atoms with Crippen LogP contribution in [0.3, 0.4) is 0 Å². The summed E-state index contributed by atoms with van der Waals surface area (Å²) in [7, 11) is -3.51. The van der Waals surface area contributed by atoms with Crippen LogP contribution < -0.4 is 5.32 Å². The van der Waals surface area contributed by atoms with Gasteiger partial charge in [0.15, 0.2) is 0 Å². The van der Waals surface area contributed by atoms with Crippen molar-refractivity contribution in [2.75, 3.05) is 25.0 Å². The summed E-state index contributed by atoms with van der Waals surface area (Å²) < 4.78 is 34.2. The number of pyridine rings is 1. The number of hydrogen-bond acceptors (Lipinski definition) is 5. The van der Waals surface area contributed by atoms with Crippen LogP contribution in [0.15, 0.2) is 48.8 Å². The molecule has 158 valence electrons. The molecule has 3 aliphatic heterocycles. The van der Waals surface area contributed by atoms with Crippen LogP contribution in [0, 0.1) is 6.92 Å². The number of sulfonamides is 1. The zero-order valence-electron chi connectivity index (χ0n) is 16.7. The number of fused-ring (bicyclic) bond motifs is 1. The van der Waals surface area contributed by atoms with E-state index < -0.39 is 20.9 Å². The lowest BCUT2D eigenvalue weighted by molar-refractivity contribution is -0.0946. The van der Waals surface area contributed by atoms with E-state index in [4.69, 9.17) is 4.74 Å². The molecule has 2 amide bonds. The summed E-state index contributed by atoms with van der Waals surface area (Å²) in [6, 6.07) is 11.0. The Labute approximate surface area is 175 Å². The van der Waals surface area contributed by atoms with Gasteiger partial charge in [0.1, 0.15) is 10.9 Å². The number of rotatable bonds is 3. The SMILES string of the molecule is Cc1ccccc1NC(=O)N1C[C@H]2C[C@H]3[C@](C1)(CN(Cc1ccncc1)S3(=O)=O)O2. The minimum Gasteiger partial charge on any atom is -0.365 e. The Hall–Kier alpha value is -2.49. The Morgan fingerprint density at radius 3 is 2.77 bits per heavy atom. The lowest BCUT2D eigenvalue weighted by Crippen LogP contribution is -2.57. The number of anilines is 1. The van der Waals surface area contributed by atoms with Crippen LogP contribution in [0.1, 0.15) is 17.5 Å². The summed E-state index contributed by atoms with van der Waals surface area (Å²) in [5.41, 5.74) is 1.74. The lowest BCUT2D eigenvalue weighted by Gasteiger charge is -2.39. The third-order valence-corrected chi connectivity index (χ3v) is 8.61. The van der Waals surface area contributed by atoms with Gasteiger partial charge in [-0.3, -0.25) is 4.98 Å². The minimum absolute atomic E-state index is 0.220. The zero-order chi connectivity index (χ0) is 20.9. The molecule has 2 aromatic rings. The molecule has 0 aliphatic carbocycles. The van der Waals surface area contributed by atoms with Crippen molar-refractivity contribution in [2.45, 2.75) is 36.8 Å². The lowest BCUT2D eigenvalue weighted by atomic mass is 9.99. The molecule has 3 aliphatic rings. The Kier molecular flexibility index (Phi) is 4.57. The van der Waals surface area contributed by atoms with Crippen molar-refractivity contribution in [3.05, 3.63) is 59.9 Å². The number of amides is 2. The van der Waals surface area contributed by atoms with Crippen LogP contribution in [-0.2, 0) is 21.3 Å². The number of morpholine rings is 1. The molecule has 3 atom stereocenters. The number of hydrogen-bond donors (Lipinski definition) is 1. The summed E-state index contributed by atoms with van der Waals surface area (Å²) in [6.45, 7) is 3.14. The highest BCUT2D eigenvalue weighted by atomic mass is 32.2. The number of carbonyl (C=O) groups is 1. The molecule has 8 nitrogen and oxygen atoms in total. The number of nitrogens with one attached hydrogen (secondary N) is 1. The third kappa shape index (κ3) is 3.17. The molecule has 1 N–H and O–H groups in total. The summed E-state index contributed by atoms with van der Waals surface area (Å²) >= 11 is 0. The van der Waals surface area contributed by atoms with Crippen LogP contribution in [0.25, 0.3) is 0 Å². The molecule has 1 spiro atoms. The highest BCUT2D eigenvalue weighted by molar-refractivity contribution is 7.90. The van der Waals surface area contributed by atoms with E-state index in [1.54, 1.807) is 17.3 Å². The molecule has 2 bridgehead atoms. The average molecular weight is 429 g/mol. The minimum atomic E-state index is -3.51. The van der Waals surface area contributed by atoms with Gasteiger partial charge >= 0.3 is 6.03 Å². The first-order valence-electron chi connectivity index (χ1n) is 10.0. The maximum Gasteiger partial charge on any atom is 0.322 e. The van der Waals surface area contributed by atoms with Gasteiger partial charge in [-0.2, -0.15) is 4.31 Å². The Bertz CT molecular complexity index is 1080. The van der Waals surface area contributed by atoms with Gasteiger partial charge in [0, 0.05) is 37.7 Å². The number of urea groups is 1. The van der Waals surface area contributed by atoms with Crippen LogP contribution in [0.2, 0.25) is 0 Å². The van der Waals surface area contributed by atoms with Gasteiger partial charge in [-0.05, 0) is 42.7 Å². The van der Waals surface area contributed by atoms with Gasteiger partial charge in [0.05, 0.1) is 12.6 Å². The molecule has 5 rings (SSSR count). The fourth-order valence-corrected chi connectivity index (χ4v) is 7.14. The highest BCUT2D eigenvalue weighted by Crippen LogP contribution is 2.47. The van der Waals surface area contributed by atoms with Gasteiger partial charge in [0.2, 0.25) is 10.0 Å². The number of aromatic nitrogens is 1. The van der Waals surface area contributed by atoms with E-state index in [0.717, 1.165) is 16.8 Å². The summed E-state index contributed by atoms with van der Waals surface area (Å²) in [5.74, 6) is 0. The first kappa shape index (κ1) is 19.5. The molecule has 1 aromatic heterocycles. The molecular formula is C21H24N4O4S. The van der Waals surface area contributed by atoms with E-state index in [9.17, 15) is 13.2 Å². The van der Waals surface area contributed by atoms with Crippen LogP contribution in [0.4, 0.5) is 10.5 Å². The largest absolute Gasteiger partial charge is 0.365 e. The maximum absolute atomic E-state index is 13.2. The number of benzene rings is 1. The second-order valence-corrected chi connectivity index (χ2v) is 10.4. The van der Waals surface area contributed by atoms with Gasteiger partial charge < -0.3 is 15.0 Å². The van der Waals surface area contributed by atoms with E-state index in [-0.39, 0.29) is 31.8 Å². The number of nitrogens with zero attached hydrogens (tertiary/aromatic N) is 3. The predicted octanol–water partition coefficient (Wildman–Crippen LogP) is 1.98. The molecule has 3 saturated heterocycles. The van der Waals surface area contributed by atoms with Crippen molar-refractivity contribution >= 4 is 21.7 Å². The summed E-state index contributed by atoms with van der Waals surface area (Å²) in [6.07, 6.45) is 3.47. The predicted molar refractivity (Wildman–Crippen MR) is 111 cm³/mol. The number of ether oxygens (including phenoxy) is 1. The van der Waals surface area contributed by atoms with Crippen molar-refractivity contribution in [1.82, 2.24) is 14.2 Å². The normalized spacial score (nSPS) is 29.6. The molecule has 0 radical (unpaired) electrons. The number of likely N-dealkylation sites (tertiary alicyclic amines) is 1. The number of aryl methyl sites for hydroxylation is 1. The van der Waals surface area contributed by atoms with E-state index in [1.165, 1.54) is 4.31 Å². The van der Waals surface area contributed by atoms with Gasteiger partial charge in [0.25, 0.3) is 0 Å². The topological polar surface area (TPSA) is 91.8 Å².